The topological polar surface area (TPSA) is 156 Å². The van der Waals surface area contributed by atoms with E-state index < -0.39 is 12.2 Å². The van der Waals surface area contributed by atoms with Crippen molar-refractivity contribution in [1.29, 1.82) is 0 Å². The van der Waals surface area contributed by atoms with E-state index in [2.05, 4.69) is 15.1 Å². The second-order valence-electron chi connectivity index (χ2n) is 16.9. The number of ether oxygens (including phenoxy) is 2. The number of likely N-dealkylation sites (tertiary alicyclic amines) is 3. The first-order chi connectivity index (χ1) is 28.5. The highest BCUT2D eigenvalue weighted by Crippen LogP contribution is 2.28. The van der Waals surface area contributed by atoms with Crippen molar-refractivity contribution in [3.8, 4) is 5.75 Å². The van der Waals surface area contributed by atoms with E-state index in [0.717, 1.165) is 81.5 Å². The number of piperazine rings is 1. The molecule has 5 heterocycles. The fourth-order valence-electron chi connectivity index (χ4n) is 9.40. The molecule has 15 nitrogen and oxygen atoms in total. The molecule has 0 aromatic heterocycles. The predicted octanol–water partition coefficient (Wildman–Crippen LogP) is 3.78. The van der Waals surface area contributed by atoms with Gasteiger partial charge in [-0.05, 0) is 93.5 Å². The van der Waals surface area contributed by atoms with E-state index in [-0.39, 0.29) is 55.2 Å². The molecule has 4 fully saturated rings. The largest absolute Gasteiger partial charge is 0.507 e. The van der Waals surface area contributed by atoms with Crippen LogP contribution in [0.15, 0.2) is 36.4 Å². The third kappa shape index (κ3) is 10.7. The van der Waals surface area contributed by atoms with E-state index in [4.69, 9.17) is 9.47 Å². The summed E-state index contributed by atoms with van der Waals surface area (Å²) >= 11 is 0. The lowest BCUT2D eigenvalue weighted by atomic mass is 9.98. The maximum atomic E-state index is 14.2. The Hall–Kier alpha value is -4.89. The average Bonchev–Trinajstić information content (AvgIpc) is 3.42. The number of amides is 5. The number of hydrogen-bond donors (Lipinski definition) is 2. The number of fused-ring (bicyclic) bond motifs is 1. The van der Waals surface area contributed by atoms with Crippen LogP contribution in [0.1, 0.15) is 67.2 Å². The van der Waals surface area contributed by atoms with Crippen molar-refractivity contribution < 1.29 is 38.6 Å². The van der Waals surface area contributed by atoms with Gasteiger partial charge < -0.3 is 39.5 Å². The SMILES string of the molecule is Cc1cc(C[C@@H](OC(=O)N2CCC(N3CCc4ccccc4NC3=O)CC2)C(=O)N2CCC(N3CCN(CC(=O)OCC(=O)N4CCCCC4)CC3)CC2)cc(C)c1O. The zero-order valence-corrected chi connectivity index (χ0v) is 34.7. The van der Waals surface area contributed by atoms with Gasteiger partial charge in [0.15, 0.2) is 12.7 Å². The number of carbonyl (C=O) groups is 5. The number of phenols is 1. The van der Waals surface area contributed by atoms with E-state index in [1.165, 1.54) is 0 Å². The van der Waals surface area contributed by atoms with Crippen molar-refractivity contribution >= 4 is 35.6 Å². The molecule has 0 aliphatic carbocycles. The number of hydrogen-bond acceptors (Lipinski definition) is 10. The minimum absolute atomic E-state index is 0.0133. The highest BCUT2D eigenvalue weighted by Gasteiger charge is 2.37. The Morgan fingerprint density at radius 3 is 2.12 bits per heavy atom. The molecule has 0 bridgehead atoms. The van der Waals surface area contributed by atoms with Crippen molar-refractivity contribution in [2.75, 3.05) is 90.5 Å². The highest BCUT2D eigenvalue weighted by molar-refractivity contribution is 5.91. The third-order valence-corrected chi connectivity index (χ3v) is 12.9. The molecule has 7 rings (SSSR count). The molecule has 15 heteroatoms. The molecule has 5 amide bonds. The van der Waals surface area contributed by atoms with Crippen LogP contribution < -0.4 is 5.32 Å². The van der Waals surface area contributed by atoms with Crippen LogP contribution in [0.5, 0.6) is 5.75 Å². The van der Waals surface area contributed by atoms with E-state index in [1.54, 1.807) is 9.80 Å². The molecule has 2 aromatic carbocycles. The van der Waals surface area contributed by atoms with Crippen molar-refractivity contribution in [2.24, 2.45) is 0 Å². The van der Waals surface area contributed by atoms with Gasteiger partial charge in [-0.15, -0.1) is 0 Å². The fraction of sp³-hybridized carbons (Fsp3) is 0.614. The molecule has 0 spiro atoms. The number of nitrogens with one attached hydrogen (secondary N) is 1. The van der Waals surface area contributed by atoms with Crippen LogP contribution in [-0.2, 0) is 36.7 Å². The van der Waals surface area contributed by atoms with E-state index in [1.807, 2.05) is 60.0 Å². The lowest BCUT2D eigenvalue weighted by molar-refractivity contribution is -0.153. The van der Waals surface area contributed by atoms with Gasteiger partial charge >= 0.3 is 18.1 Å². The zero-order valence-electron chi connectivity index (χ0n) is 34.7. The summed E-state index contributed by atoms with van der Waals surface area (Å²) in [6, 6.07) is 11.7. The summed E-state index contributed by atoms with van der Waals surface area (Å²) in [7, 11) is 0. The minimum Gasteiger partial charge on any atom is -0.507 e. The number of aryl methyl sites for hydroxylation is 2. The number of phenolic OH excluding ortho intramolecular Hbond substituents is 1. The van der Waals surface area contributed by atoms with Gasteiger partial charge in [-0.25, -0.2) is 9.59 Å². The lowest BCUT2D eigenvalue weighted by Gasteiger charge is -2.43. The number of piperidine rings is 3. The average molecular weight is 816 g/mol. The summed E-state index contributed by atoms with van der Waals surface area (Å²) < 4.78 is 11.4. The molecule has 5 aliphatic rings. The number of benzene rings is 2. The quantitative estimate of drug-likeness (QED) is 0.339. The molecule has 0 radical (unpaired) electrons. The van der Waals surface area contributed by atoms with Gasteiger partial charge in [0.1, 0.15) is 5.75 Å². The number of rotatable bonds is 10. The Morgan fingerprint density at radius 1 is 0.780 bits per heavy atom. The molecule has 0 saturated carbocycles. The Morgan fingerprint density at radius 2 is 1.42 bits per heavy atom. The normalized spacial score (nSPS) is 20.7. The molecule has 5 aliphatic heterocycles. The maximum Gasteiger partial charge on any atom is 0.410 e. The Balaban J connectivity index is 0.893. The minimum atomic E-state index is -1.03. The molecule has 2 N–H and O–H groups in total. The number of nitrogens with zero attached hydrogens (tertiary/aromatic N) is 6. The van der Waals surface area contributed by atoms with E-state index in [0.29, 0.717) is 75.8 Å². The van der Waals surface area contributed by atoms with Gasteiger partial charge in [-0.1, -0.05) is 30.3 Å². The summed E-state index contributed by atoms with van der Waals surface area (Å²) in [5.74, 6) is -0.507. The molecular weight excluding hydrogens is 755 g/mol. The fourth-order valence-corrected chi connectivity index (χ4v) is 9.40. The molecule has 2 aromatic rings. The van der Waals surface area contributed by atoms with Gasteiger partial charge in [0.25, 0.3) is 11.8 Å². The van der Waals surface area contributed by atoms with E-state index >= 15 is 0 Å². The predicted molar refractivity (Wildman–Crippen MR) is 221 cm³/mol. The monoisotopic (exact) mass is 815 g/mol. The summed E-state index contributed by atoms with van der Waals surface area (Å²) in [4.78, 5) is 77.7. The molecule has 320 valence electrons. The van der Waals surface area contributed by atoms with Crippen LogP contribution >= 0.6 is 0 Å². The van der Waals surface area contributed by atoms with Gasteiger partial charge in [-0.2, -0.15) is 0 Å². The summed E-state index contributed by atoms with van der Waals surface area (Å²) in [6.07, 6.45) is 5.29. The van der Waals surface area contributed by atoms with Gasteiger partial charge in [-0.3, -0.25) is 24.2 Å². The first kappa shape index (κ1) is 42.2. The number of anilines is 1. The molecule has 0 unspecified atom stereocenters. The Bertz CT molecular complexity index is 1810. The van der Waals surface area contributed by atoms with Crippen LogP contribution in [0.3, 0.4) is 0 Å². The number of aromatic hydroxyl groups is 1. The first-order valence-electron chi connectivity index (χ1n) is 21.6. The number of para-hydroxylation sites is 1. The standard InChI is InChI=1S/C44H61N7O8/c1-31-26-33(27-32(2)41(31)54)28-38(59-44(57)50-19-13-36(14-20-50)51-21-10-34-8-4-5-9-37(34)45-43(51)56)42(55)49-17-11-35(12-18-49)47-24-22-46(23-25-47)29-40(53)58-30-39(52)48-15-6-3-7-16-48/h4-5,8-9,26-27,35-36,38,54H,3,6-7,10-25,28-30H2,1-2H3,(H,45,56)/t38-/m1/s1. The number of carbonyl (C=O) groups excluding carboxylic acids is 5. The highest BCUT2D eigenvalue weighted by atomic mass is 16.6. The summed E-state index contributed by atoms with van der Waals surface area (Å²) in [5, 5.41) is 13.5. The van der Waals surface area contributed by atoms with Crippen molar-refractivity contribution in [2.45, 2.75) is 89.8 Å². The molecular formula is C44H61N7O8. The second-order valence-corrected chi connectivity index (χ2v) is 16.9. The van der Waals surface area contributed by atoms with Crippen LogP contribution in [0.4, 0.5) is 15.3 Å². The summed E-state index contributed by atoms with van der Waals surface area (Å²) in [5.41, 5.74) is 4.15. The number of esters is 1. The Kier molecular flexibility index (Phi) is 13.9. The zero-order chi connectivity index (χ0) is 41.5. The van der Waals surface area contributed by atoms with Gasteiger partial charge in [0.2, 0.25) is 0 Å². The van der Waals surface area contributed by atoms with Crippen LogP contribution in [0, 0.1) is 13.8 Å². The van der Waals surface area contributed by atoms with E-state index in [9.17, 15) is 29.1 Å². The van der Waals surface area contributed by atoms with Gasteiger partial charge in [0, 0.05) is 96.2 Å². The van der Waals surface area contributed by atoms with Crippen LogP contribution in [0.25, 0.3) is 0 Å². The summed E-state index contributed by atoms with van der Waals surface area (Å²) in [6.45, 7) is 10.6. The molecule has 1 atom stereocenters. The van der Waals surface area contributed by atoms with Crippen molar-refractivity contribution in [1.82, 2.24) is 29.4 Å². The first-order valence-corrected chi connectivity index (χ1v) is 21.6. The van der Waals surface area contributed by atoms with Crippen LogP contribution in [0.2, 0.25) is 0 Å². The van der Waals surface area contributed by atoms with Gasteiger partial charge in [0.05, 0.1) is 6.54 Å². The smallest absolute Gasteiger partial charge is 0.410 e. The molecule has 4 saturated heterocycles. The second kappa shape index (κ2) is 19.4. The van der Waals surface area contributed by atoms with Crippen LogP contribution in [-0.4, -0.2) is 168 Å². The third-order valence-electron chi connectivity index (χ3n) is 12.9. The lowest BCUT2D eigenvalue weighted by Crippen LogP contribution is -2.55. The maximum absolute atomic E-state index is 14.2. The Labute approximate surface area is 347 Å². The number of urea groups is 1. The molecule has 59 heavy (non-hydrogen) atoms. The van der Waals surface area contributed by atoms with Crippen molar-refractivity contribution in [3.05, 3.63) is 58.7 Å². The van der Waals surface area contributed by atoms with Crippen molar-refractivity contribution in [3.63, 3.8) is 0 Å².